The summed E-state index contributed by atoms with van der Waals surface area (Å²) in [6.07, 6.45) is 1.37. The maximum atomic E-state index is 12.2. The Morgan fingerprint density at radius 2 is 1.88 bits per heavy atom. The van der Waals surface area contributed by atoms with Gasteiger partial charge in [0.15, 0.2) is 16.7 Å². The number of nitrogens with one attached hydrogen (secondary N) is 1. The van der Waals surface area contributed by atoms with Crippen molar-refractivity contribution in [1.82, 2.24) is 30.0 Å². The van der Waals surface area contributed by atoms with Gasteiger partial charge >= 0.3 is 0 Å². The van der Waals surface area contributed by atoms with E-state index in [2.05, 4.69) is 20.5 Å². The molecule has 0 radical (unpaired) electrons. The summed E-state index contributed by atoms with van der Waals surface area (Å²) in [6, 6.07) is 17.3. The van der Waals surface area contributed by atoms with E-state index in [0.717, 1.165) is 17.8 Å². The van der Waals surface area contributed by atoms with Crippen LogP contribution in [-0.2, 0) is 5.75 Å². The van der Waals surface area contributed by atoms with Crippen molar-refractivity contribution >= 4 is 29.3 Å². The minimum atomic E-state index is -0.259. The van der Waals surface area contributed by atoms with Gasteiger partial charge in [-0.15, -0.1) is 10.2 Å². The Hall–Kier alpha value is -3.14. The van der Waals surface area contributed by atoms with Gasteiger partial charge in [0.1, 0.15) is 6.26 Å². The van der Waals surface area contributed by atoms with Crippen LogP contribution in [0.25, 0.3) is 17.1 Å². The lowest BCUT2D eigenvalue weighted by molar-refractivity contribution is 0.0946. The molecule has 0 saturated heterocycles. The fraction of sp³-hybridized carbons (Fsp3) is 0.217. The lowest BCUT2D eigenvalue weighted by atomic mass is 10.2. The molecule has 0 fully saturated rings. The lowest BCUT2D eigenvalue weighted by Gasteiger charge is -2.10. The fourth-order valence-electron chi connectivity index (χ4n) is 3.08. The Balaban J connectivity index is 1.53. The first-order valence-corrected chi connectivity index (χ1v) is 11.6. The highest BCUT2D eigenvalue weighted by Gasteiger charge is 2.19. The Labute approximate surface area is 201 Å². The molecule has 0 saturated carbocycles. The first kappa shape index (κ1) is 23.0. The third-order valence-corrected chi connectivity index (χ3v) is 5.96. The molecule has 1 N–H and O–H groups in total. The highest BCUT2D eigenvalue weighted by Crippen LogP contribution is 2.32. The minimum absolute atomic E-state index is 0.255. The fourth-order valence-corrected chi connectivity index (χ4v) is 4.11. The molecule has 0 aliphatic heterocycles. The van der Waals surface area contributed by atoms with E-state index in [4.69, 9.17) is 16.0 Å². The second-order valence-electron chi connectivity index (χ2n) is 7.43. The zero-order chi connectivity index (χ0) is 23.2. The van der Waals surface area contributed by atoms with Crippen LogP contribution in [-0.4, -0.2) is 57.7 Å². The van der Waals surface area contributed by atoms with Crippen molar-refractivity contribution in [2.45, 2.75) is 10.9 Å². The smallest absolute Gasteiger partial charge is 0.273 e. The third-order valence-electron chi connectivity index (χ3n) is 4.72. The summed E-state index contributed by atoms with van der Waals surface area (Å²) in [5, 5.41) is 12.9. The number of carbonyl (C=O) groups excluding carboxylic acids is 1. The molecule has 2 aromatic heterocycles. The van der Waals surface area contributed by atoms with Crippen LogP contribution in [0.4, 0.5) is 0 Å². The zero-order valence-electron chi connectivity index (χ0n) is 18.2. The number of oxazole rings is 1. The molecule has 1 amide bonds. The zero-order valence-corrected chi connectivity index (χ0v) is 19.8. The maximum Gasteiger partial charge on any atom is 0.273 e. The second kappa shape index (κ2) is 10.7. The van der Waals surface area contributed by atoms with E-state index in [-0.39, 0.29) is 11.6 Å². The molecule has 170 valence electrons. The van der Waals surface area contributed by atoms with Crippen molar-refractivity contribution in [1.29, 1.82) is 0 Å². The minimum Gasteiger partial charge on any atom is -0.447 e. The number of thioether (sulfide) groups is 1. The topological polar surface area (TPSA) is 89.1 Å². The van der Waals surface area contributed by atoms with Crippen LogP contribution in [0, 0.1) is 0 Å². The molecule has 0 aliphatic carbocycles. The summed E-state index contributed by atoms with van der Waals surface area (Å²) in [4.78, 5) is 18.6. The Morgan fingerprint density at radius 1 is 1.12 bits per heavy atom. The first-order valence-electron chi connectivity index (χ1n) is 10.3. The molecule has 8 nitrogen and oxygen atoms in total. The molecular formula is C23H23ClN6O2S. The molecule has 0 aliphatic rings. The highest BCUT2D eigenvalue weighted by molar-refractivity contribution is 7.98. The molecule has 2 heterocycles. The number of aromatic nitrogens is 4. The third kappa shape index (κ3) is 5.62. The normalized spacial score (nSPS) is 11.2. The van der Waals surface area contributed by atoms with E-state index >= 15 is 0 Å². The summed E-state index contributed by atoms with van der Waals surface area (Å²) in [5.74, 6) is 1.20. The molecule has 4 aromatic rings. The van der Waals surface area contributed by atoms with E-state index in [1.807, 2.05) is 78.2 Å². The van der Waals surface area contributed by atoms with E-state index in [1.54, 1.807) is 0 Å². The first-order chi connectivity index (χ1) is 16.0. The Kier molecular flexibility index (Phi) is 7.43. The number of benzene rings is 2. The van der Waals surface area contributed by atoms with Gasteiger partial charge in [0.25, 0.3) is 5.91 Å². The summed E-state index contributed by atoms with van der Waals surface area (Å²) in [7, 11) is 3.89. The van der Waals surface area contributed by atoms with E-state index in [0.29, 0.717) is 34.2 Å². The van der Waals surface area contributed by atoms with Crippen LogP contribution in [0.15, 0.2) is 70.4 Å². The van der Waals surface area contributed by atoms with Gasteiger partial charge in [0.2, 0.25) is 5.89 Å². The van der Waals surface area contributed by atoms with Crippen molar-refractivity contribution in [3.05, 3.63) is 77.5 Å². The predicted molar refractivity (Wildman–Crippen MR) is 129 cm³/mol. The van der Waals surface area contributed by atoms with Crippen LogP contribution in [0.2, 0.25) is 5.02 Å². The van der Waals surface area contributed by atoms with Crippen LogP contribution in [0.5, 0.6) is 0 Å². The van der Waals surface area contributed by atoms with E-state index in [1.165, 1.54) is 18.0 Å². The van der Waals surface area contributed by atoms with Gasteiger partial charge in [-0.1, -0.05) is 53.7 Å². The number of carbonyl (C=O) groups is 1. The molecule has 4 rings (SSSR count). The highest BCUT2D eigenvalue weighted by atomic mass is 35.5. The van der Waals surface area contributed by atoms with Crippen LogP contribution in [0.3, 0.4) is 0 Å². The molecule has 0 unspecified atom stereocenters. The molecule has 2 aromatic carbocycles. The number of nitrogens with zero attached hydrogens (tertiary/aromatic N) is 5. The number of para-hydroxylation sites is 1. The molecule has 0 atom stereocenters. The van der Waals surface area contributed by atoms with Gasteiger partial charge in [0.05, 0.1) is 10.8 Å². The number of amides is 1. The summed E-state index contributed by atoms with van der Waals surface area (Å²) >= 11 is 7.85. The number of likely N-dealkylation sites (N-methyl/N-ethyl adjacent to an activating group) is 1. The Morgan fingerprint density at radius 3 is 2.64 bits per heavy atom. The average molecular weight is 483 g/mol. The maximum absolute atomic E-state index is 12.2. The van der Waals surface area contributed by atoms with Gasteiger partial charge in [-0.2, -0.15) is 0 Å². The quantitative estimate of drug-likeness (QED) is 0.358. The number of hydrogen-bond acceptors (Lipinski definition) is 7. The molecule has 0 bridgehead atoms. The SMILES string of the molecule is CN(C)CCNC(=O)c1coc(CSc2nnc(-c3ccccc3Cl)n2-c2ccccc2)n1. The van der Waals surface area contributed by atoms with Crippen molar-refractivity contribution in [3.63, 3.8) is 0 Å². The van der Waals surface area contributed by atoms with Crippen molar-refractivity contribution in [2.24, 2.45) is 0 Å². The van der Waals surface area contributed by atoms with Crippen molar-refractivity contribution in [2.75, 3.05) is 27.2 Å². The van der Waals surface area contributed by atoms with Gasteiger partial charge in [-0.25, -0.2) is 4.98 Å². The largest absolute Gasteiger partial charge is 0.447 e. The summed E-state index contributed by atoms with van der Waals surface area (Å²) < 4.78 is 7.46. The molecule has 0 spiro atoms. The van der Waals surface area contributed by atoms with Crippen LogP contribution >= 0.6 is 23.4 Å². The Bertz CT molecular complexity index is 1220. The van der Waals surface area contributed by atoms with Crippen LogP contribution < -0.4 is 5.32 Å². The van der Waals surface area contributed by atoms with Gasteiger partial charge in [0, 0.05) is 24.3 Å². The molecule has 33 heavy (non-hydrogen) atoms. The molecule has 10 heteroatoms. The van der Waals surface area contributed by atoms with Crippen molar-refractivity contribution in [3.8, 4) is 17.1 Å². The second-order valence-corrected chi connectivity index (χ2v) is 8.78. The van der Waals surface area contributed by atoms with Crippen molar-refractivity contribution < 1.29 is 9.21 Å². The number of rotatable bonds is 9. The van der Waals surface area contributed by atoms with Crippen LogP contribution in [0.1, 0.15) is 16.4 Å². The summed E-state index contributed by atoms with van der Waals surface area (Å²) in [6.45, 7) is 1.28. The summed E-state index contributed by atoms with van der Waals surface area (Å²) in [5.41, 5.74) is 1.95. The average Bonchev–Trinajstić information content (AvgIpc) is 3.45. The standard InChI is InChI=1S/C23H23ClN6O2S/c1-29(2)13-12-25-22(31)19-14-32-20(26-19)15-33-23-28-27-21(17-10-6-7-11-18(17)24)30(23)16-8-4-3-5-9-16/h3-11,14H,12-13,15H2,1-2H3,(H,25,31). The lowest BCUT2D eigenvalue weighted by Crippen LogP contribution is -2.31. The van der Waals surface area contributed by atoms with E-state index < -0.39 is 0 Å². The van der Waals surface area contributed by atoms with Gasteiger partial charge in [-0.05, 0) is 38.4 Å². The predicted octanol–water partition coefficient (Wildman–Crippen LogP) is 4.16. The monoisotopic (exact) mass is 482 g/mol. The van der Waals surface area contributed by atoms with E-state index in [9.17, 15) is 4.79 Å². The number of halogens is 1. The van der Waals surface area contributed by atoms with Gasteiger partial charge < -0.3 is 14.6 Å². The van der Waals surface area contributed by atoms with Gasteiger partial charge in [-0.3, -0.25) is 9.36 Å². The molecular weight excluding hydrogens is 460 g/mol. The number of hydrogen-bond donors (Lipinski definition) is 1.